The molecule has 0 radical (unpaired) electrons. The smallest absolute Gasteiger partial charge is 0.233 e. The summed E-state index contributed by atoms with van der Waals surface area (Å²) in [4.78, 5) is 25.3. The number of nitrogens with two attached hydrogens (primary N) is 1. The average molecular weight is 262 g/mol. The molecule has 0 spiro atoms. The zero-order valence-electron chi connectivity index (χ0n) is 10.8. The van der Waals surface area contributed by atoms with Gasteiger partial charge in [0.05, 0.1) is 5.69 Å². The number of hydrogen-bond acceptors (Lipinski definition) is 4. The van der Waals surface area contributed by atoms with Crippen LogP contribution < -0.4 is 15.4 Å². The summed E-state index contributed by atoms with van der Waals surface area (Å²) in [7, 11) is 0. The van der Waals surface area contributed by atoms with Gasteiger partial charge in [-0.05, 0) is 25.0 Å². The lowest BCUT2D eigenvalue weighted by Gasteiger charge is -2.19. The van der Waals surface area contributed by atoms with Gasteiger partial charge in [-0.15, -0.1) is 0 Å². The second-order valence-corrected chi connectivity index (χ2v) is 4.46. The number of benzene rings is 1. The molecule has 0 aliphatic carbocycles. The topological polar surface area (TPSA) is 72.6 Å². The fourth-order valence-corrected chi connectivity index (χ4v) is 2.09. The van der Waals surface area contributed by atoms with Crippen LogP contribution in [0.15, 0.2) is 24.3 Å². The maximum Gasteiger partial charge on any atom is 0.233 e. The van der Waals surface area contributed by atoms with Crippen molar-refractivity contribution in [2.45, 2.75) is 25.7 Å². The third-order valence-corrected chi connectivity index (χ3v) is 2.99. The summed E-state index contributed by atoms with van der Waals surface area (Å²) in [6, 6.07) is 7.01. The van der Waals surface area contributed by atoms with E-state index in [0.717, 1.165) is 12.8 Å². The molecule has 2 N–H and O–H groups in total. The van der Waals surface area contributed by atoms with Crippen molar-refractivity contribution >= 4 is 17.5 Å². The predicted octanol–water partition coefficient (Wildman–Crippen LogP) is 1.46. The Bertz CT molecular complexity index is 456. The SMILES string of the molecule is NCCOc1cccc(N2C(=O)CCCCC2=O)c1. The molecule has 5 heteroatoms. The van der Waals surface area contributed by atoms with E-state index in [0.29, 0.717) is 37.4 Å². The number of amides is 2. The maximum atomic E-state index is 12.0. The first-order valence-electron chi connectivity index (χ1n) is 6.51. The second-order valence-electron chi connectivity index (χ2n) is 4.46. The van der Waals surface area contributed by atoms with Gasteiger partial charge in [-0.2, -0.15) is 0 Å². The standard InChI is InChI=1S/C14H18N2O3/c15-8-9-19-12-5-3-4-11(10-12)16-13(17)6-1-2-7-14(16)18/h3-5,10H,1-2,6-9,15H2. The zero-order chi connectivity index (χ0) is 13.7. The molecule has 0 aromatic heterocycles. The Morgan fingerprint density at radius 1 is 1.16 bits per heavy atom. The van der Waals surface area contributed by atoms with Crippen molar-refractivity contribution in [3.8, 4) is 5.75 Å². The van der Waals surface area contributed by atoms with Gasteiger partial charge < -0.3 is 10.5 Å². The van der Waals surface area contributed by atoms with Crippen molar-refractivity contribution in [2.75, 3.05) is 18.1 Å². The van der Waals surface area contributed by atoms with Gasteiger partial charge in [0.15, 0.2) is 0 Å². The van der Waals surface area contributed by atoms with E-state index in [1.165, 1.54) is 4.90 Å². The van der Waals surface area contributed by atoms with Crippen LogP contribution in [0.3, 0.4) is 0 Å². The number of ether oxygens (including phenoxy) is 1. The summed E-state index contributed by atoms with van der Waals surface area (Å²) in [5, 5.41) is 0. The summed E-state index contributed by atoms with van der Waals surface area (Å²) in [5.41, 5.74) is 5.95. The molecule has 0 unspecified atom stereocenters. The summed E-state index contributed by atoms with van der Waals surface area (Å²) in [6.07, 6.45) is 2.37. The minimum Gasteiger partial charge on any atom is -0.492 e. The molecule has 19 heavy (non-hydrogen) atoms. The van der Waals surface area contributed by atoms with Crippen LogP contribution in [0, 0.1) is 0 Å². The minimum atomic E-state index is -0.140. The van der Waals surface area contributed by atoms with Gasteiger partial charge in [0.25, 0.3) is 0 Å². The van der Waals surface area contributed by atoms with Gasteiger partial charge >= 0.3 is 0 Å². The Kier molecular flexibility index (Phi) is 4.52. The molecule has 2 rings (SSSR count). The maximum absolute atomic E-state index is 12.0. The molecule has 1 heterocycles. The molecule has 1 aromatic rings. The number of anilines is 1. The fourth-order valence-electron chi connectivity index (χ4n) is 2.09. The highest BCUT2D eigenvalue weighted by atomic mass is 16.5. The van der Waals surface area contributed by atoms with E-state index in [1.807, 2.05) is 0 Å². The monoisotopic (exact) mass is 262 g/mol. The number of carbonyl (C=O) groups excluding carboxylic acids is 2. The van der Waals surface area contributed by atoms with Crippen LogP contribution in [0.4, 0.5) is 5.69 Å². The van der Waals surface area contributed by atoms with E-state index in [1.54, 1.807) is 24.3 Å². The second kappa shape index (κ2) is 6.33. The van der Waals surface area contributed by atoms with E-state index in [4.69, 9.17) is 10.5 Å². The Morgan fingerprint density at radius 3 is 2.47 bits per heavy atom. The third-order valence-electron chi connectivity index (χ3n) is 2.99. The lowest BCUT2D eigenvalue weighted by atomic mass is 10.2. The fraction of sp³-hybridized carbons (Fsp3) is 0.429. The van der Waals surface area contributed by atoms with Crippen molar-refractivity contribution in [1.82, 2.24) is 0 Å². The highest BCUT2D eigenvalue weighted by Crippen LogP contribution is 2.25. The Labute approximate surface area is 112 Å². The minimum absolute atomic E-state index is 0.140. The molecule has 0 atom stereocenters. The molecular weight excluding hydrogens is 244 g/mol. The van der Waals surface area contributed by atoms with Crippen LogP contribution in [-0.2, 0) is 9.59 Å². The molecule has 1 aliphatic heterocycles. The van der Waals surface area contributed by atoms with Crippen LogP contribution in [0.25, 0.3) is 0 Å². The lowest BCUT2D eigenvalue weighted by Crippen LogP contribution is -2.35. The molecule has 1 fully saturated rings. The first kappa shape index (κ1) is 13.5. The number of hydrogen-bond donors (Lipinski definition) is 1. The molecule has 0 bridgehead atoms. The zero-order valence-corrected chi connectivity index (χ0v) is 10.8. The predicted molar refractivity (Wildman–Crippen MR) is 72.0 cm³/mol. The van der Waals surface area contributed by atoms with Crippen molar-refractivity contribution in [3.63, 3.8) is 0 Å². The van der Waals surface area contributed by atoms with E-state index in [-0.39, 0.29) is 11.8 Å². The Balaban J connectivity index is 2.23. The van der Waals surface area contributed by atoms with Gasteiger partial charge in [0, 0.05) is 25.5 Å². The summed E-state index contributed by atoms with van der Waals surface area (Å²) < 4.78 is 5.41. The Hall–Kier alpha value is -1.88. The summed E-state index contributed by atoms with van der Waals surface area (Å²) >= 11 is 0. The molecule has 1 saturated heterocycles. The molecule has 5 nitrogen and oxygen atoms in total. The van der Waals surface area contributed by atoms with E-state index in [2.05, 4.69) is 0 Å². The van der Waals surface area contributed by atoms with E-state index < -0.39 is 0 Å². The van der Waals surface area contributed by atoms with Crippen LogP contribution in [0.2, 0.25) is 0 Å². The first-order valence-corrected chi connectivity index (χ1v) is 6.51. The average Bonchev–Trinajstić information content (AvgIpc) is 2.58. The van der Waals surface area contributed by atoms with Crippen LogP contribution in [0.5, 0.6) is 5.75 Å². The summed E-state index contributed by atoms with van der Waals surface area (Å²) in [6.45, 7) is 0.831. The van der Waals surface area contributed by atoms with Crippen LogP contribution >= 0.6 is 0 Å². The van der Waals surface area contributed by atoms with E-state index in [9.17, 15) is 9.59 Å². The quantitative estimate of drug-likeness (QED) is 0.834. The molecular formula is C14H18N2O3. The van der Waals surface area contributed by atoms with Crippen molar-refractivity contribution in [3.05, 3.63) is 24.3 Å². The van der Waals surface area contributed by atoms with E-state index >= 15 is 0 Å². The van der Waals surface area contributed by atoms with Crippen molar-refractivity contribution in [2.24, 2.45) is 5.73 Å². The Morgan fingerprint density at radius 2 is 1.84 bits per heavy atom. The number of imide groups is 1. The number of nitrogens with zero attached hydrogens (tertiary/aromatic N) is 1. The molecule has 102 valence electrons. The molecule has 2 amide bonds. The van der Waals surface area contributed by atoms with Crippen LogP contribution in [0.1, 0.15) is 25.7 Å². The molecule has 1 aromatic carbocycles. The normalized spacial score (nSPS) is 16.4. The van der Waals surface area contributed by atoms with Gasteiger partial charge in [0.1, 0.15) is 12.4 Å². The molecule has 0 saturated carbocycles. The van der Waals surface area contributed by atoms with Crippen molar-refractivity contribution in [1.29, 1.82) is 0 Å². The summed E-state index contributed by atoms with van der Waals surface area (Å²) in [5.74, 6) is 0.338. The lowest BCUT2D eigenvalue weighted by molar-refractivity contribution is -0.125. The van der Waals surface area contributed by atoms with Crippen molar-refractivity contribution < 1.29 is 14.3 Å². The van der Waals surface area contributed by atoms with Gasteiger partial charge in [-0.25, -0.2) is 0 Å². The number of rotatable bonds is 4. The highest BCUT2D eigenvalue weighted by Gasteiger charge is 2.25. The first-order chi connectivity index (χ1) is 9.22. The third kappa shape index (κ3) is 3.32. The largest absolute Gasteiger partial charge is 0.492 e. The van der Waals surface area contributed by atoms with Crippen LogP contribution in [-0.4, -0.2) is 25.0 Å². The van der Waals surface area contributed by atoms with Gasteiger partial charge in [-0.1, -0.05) is 6.07 Å². The molecule has 1 aliphatic rings. The van der Waals surface area contributed by atoms with Gasteiger partial charge in [-0.3, -0.25) is 14.5 Å². The van der Waals surface area contributed by atoms with Gasteiger partial charge in [0.2, 0.25) is 11.8 Å². The highest BCUT2D eigenvalue weighted by molar-refractivity contribution is 6.15. The number of carbonyl (C=O) groups is 2.